The van der Waals surface area contributed by atoms with Gasteiger partial charge in [-0.05, 0) is 12.0 Å². The maximum Gasteiger partial charge on any atom is 0.406 e. The van der Waals surface area contributed by atoms with Gasteiger partial charge in [0.25, 0.3) is 0 Å². The van der Waals surface area contributed by atoms with E-state index in [1.807, 2.05) is 0 Å². The Bertz CT molecular complexity index is 419. The Kier molecular flexibility index (Phi) is 3.56. The van der Waals surface area contributed by atoms with Crippen molar-refractivity contribution >= 4 is 5.91 Å². The Hall–Kier alpha value is -1.56. The standard InChI is InChI=1S/C12H13F3N2O/c13-12(14,15)10(17-7-6-11(18)16-17)8-9-4-2-1-3-5-9/h1-5,10H,6-8H2,(H,16,18)/t10-/m0/s1. The Balaban J connectivity index is 2.14. The first-order valence-electron chi connectivity index (χ1n) is 5.63. The first-order chi connectivity index (χ1) is 8.47. The number of alkyl halides is 3. The summed E-state index contributed by atoms with van der Waals surface area (Å²) >= 11 is 0. The van der Waals surface area contributed by atoms with E-state index in [-0.39, 0.29) is 25.3 Å². The van der Waals surface area contributed by atoms with Crippen LogP contribution in [0.4, 0.5) is 13.2 Å². The highest BCUT2D eigenvalue weighted by Gasteiger charge is 2.45. The Morgan fingerprint density at radius 2 is 1.94 bits per heavy atom. The van der Waals surface area contributed by atoms with E-state index >= 15 is 0 Å². The summed E-state index contributed by atoms with van der Waals surface area (Å²) in [4.78, 5) is 11.0. The molecule has 1 heterocycles. The number of nitrogens with zero attached hydrogens (tertiary/aromatic N) is 1. The second-order valence-electron chi connectivity index (χ2n) is 4.23. The molecule has 0 aromatic heterocycles. The first-order valence-corrected chi connectivity index (χ1v) is 5.63. The van der Waals surface area contributed by atoms with Gasteiger partial charge in [0.15, 0.2) is 0 Å². The van der Waals surface area contributed by atoms with E-state index in [0.29, 0.717) is 5.56 Å². The predicted molar refractivity (Wildman–Crippen MR) is 59.5 cm³/mol. The summed E-state index contributed by atoms with van der Waals surface area (Å²) < 4.78 is 39.0. The van der Waals surface area contributed by atoms with Crippen molar-refractivity contribution in [3.05, 3.63) is 35.9 Å². The average Bonchev–Trinajstić information content (AvgIpc) is 2.72. The van der Waals surface area contributed by atoms with Crippen LogP contribution in [0.5, 0.6) is 0 Å². The molecule has 6 heteroatoms. The van der Waals surface area contributed by atoms with E-state index in [0.717, 1.165) is 5.01 Å². The van der Waals surface area contributed by atoms with Gasteiger partial charge in [0.2, 0.25) is 5.91 Å². The predicted octanol–water partition coefficient (Wildman–Crippen LogP) is 1.90. The summed E-state index contributed by atoms with van der Waals surface area (Å²) in [6, 6.07) is 6.78. The van der Waals surface area contributed by atoms with Gasteiger partial charge < -0.3 is 0 Å². The number of nitrogens with one attached hydrogen (secondary N) is 1. The minimum Gasteiger partial charge on any atom is -0.288 e. The zero-order valence-electron chi connectivity index (χ0n) is 9.57. The number of carbonyl (C=O) groups excluding carboxylic acids is 1. The summed E-state index contributed by atoms with van der Waals surface area (Å²) in [5.41, 5.74) is 2.85. The molecule has 1 aliphatic rings. The molecule has 1 atom stereocenters. The van der Waals surface area contributed by atoms with E-state index in [9.17, 15) is 18.0 Å². The lowest BCUT2D eigenvalue weighted by atomic mass is 10.1. The summed E-state index contributed by atoms with van der Waals surface area (Å²) in [6.45, 7) is 0.0931. The van der Waals surface area contributed by atoms with Crippen LogP contribution in [0.25, 0.3) is 0 Å². The van der Waals surface area contributed by atoms with Crippen molar-refractivity contribution in [2.24, 2.45) is 0 Å². The fourth-order valence-electron chi connectivity index (χ4n) is 1.97. The third-order valence-corrected chi connectivity index (χ3v) is 2.87. The number of amides is 1. The third kappa shape index (κ3) is 3.01. The molecule has 98 valence electrons. The lowest BCUT2D eigenvalue weighted by molar-refractivity contribution is -0.187. The number of benzene rings is 1. The van der Waals surface area contributed by atoms with Crippen LogP contribution in [0.2, 0.25) is 0 Å². The van der Waals surface area contributed by atoms with Gasteiger partial charge in [-0.1, -0.05) is 30.3 Å². The van der Waals surface area contributed by atoms with Crippen molar-refractivity contribution in [1.29, 1.82) is 0 Å². The molecule has 2 rings (SSSR count). The largest absolute Gasteiger partial charge is 0.406 e. The molecule has 1 amide bonds. The SMILES string of the molecule is O=C1CCN([C@@H](Cc2ccccc2)C(F)(F)F)N1. The molecule has 18 heavy (non-hydrogen) atoms. The molecular formula is C12H13F3N2O. The molecule has 1 aliphatic heterocycles. The van der Waals surface area contributed by atoms with E-state index < -0.39 is 12.2 Å². The lowest BCUT2D eigenvalue weighted by Gasteiger charge is -2.28. The number of hydrogen-bond acceptors (Lipinski definition) is 2. The zero-order chi connectivity index (χ0) is 13.2. The minimum atomic E-state index is -4.37. The molecule has 1 aromatic rings. The maximum absolute atomic E-state index is 13.0. The minimum absolute atomic E-state index is 0.0931. The van der Waals surface area contributed by atoms with Gasteiger partial charge in [-0.15, -0.1) is 0 Å². The van der Waals surface area contributed by atoms with Gasteiger partial charge in [-0.3, -0.25) is 10.2 Å². The molecule has 1 saturated heterocycles. The summed E-state index contributed by atoms with van der Waals surface area (Å²) in [6.07, 6.45) is -4.42. The lowest BCUT2D eigenvalue weighted by Crippen LogP contribution is -2.51. The molecule has 1 N–H and O–H groups in total. The van der Waals surface area contributed by atoms with Gasteiger partial charge in [0, 0.05) is 13.0 Å². The Morgan fingerprint density at radius 1 is 1.28 bits per heavy atom. The van der Waals surface area contributed by atoms with Gasteiger partial charge in [0.1, 0.15) is 6.04 Å². The Morgan fingerprint density at radius 3 is 2.44 bits per heavy atom. The van der Waals surface area contributed by atoms with Crippen LogP contribution >= 0.6 is 0 Å². The monoisotopic (exact) mass is 258 g/mol. The molecule has 0 aliphatic carbocycles. The molecule has 1 fully saturated rings. The van der Waals surface area contributed by atoms with Crippen LogP contribution in [0.15, 0.2) is 30.3 Å². The van der Waals surface area contributed by atoms with Crippen molar-refractivity contribution in [1.82, 2.24) is 10.4 Å². The first kappa shape index (κ1) is 12.9. The second kappa shape index (κ2) is 4.97. The van der Waals surface area contributed by atoms with Gasteiger partial charge in [0.05, 0.1) is 0 Å². The summed E-state index contributed by atoms with van der Waals surface area (Å²) in [5.74, 6) is -0.364. The van der Waals surface area contributed by atoms with Crippen LogP contribution in [0, 0.1) is 0 Å². The topological polar surface area (TPSA) is 32.3 Å². The molecule has 0 spiro atoms. The van der Waals surface area contributed by atoms with Crippen LogP contribution in [0.1, 0.15) is 12.0 Å². The maximum atomic E-state index is 13.0. The number of rotatable bonds is 3. The van der Waals surface area contributed by atoms with Crippen molar-refractivity contribution in [3.8, 4) is 0 Å². The van der Waals surface area contributed by atoms with Gasteiger partial charge in [-0.25, -0.2) is 5.01 Å². The van der Waals surface area contributed by atoms with Gasteiger partial charge in [-0.2, -0.15) is 13.2 Å². The van der Waals surface area contributed by atoms with Crippen LogP contribution in [-0.2, 0) is 11.2 Å². The number of carbonyl (C=O) groups is 1. The van der Waals surface area contributed by atoms with Crippen molar-refractivity contribution in [3.63, 3.8) is 0 Å². The van der Waals surface area contributed by atoms with E-state index in [4.69, 9.17) is 0 Å². The van der Waals surface area contributed by atoms with Gasteiger partial charge >= 0.3 is 6.18 Å². The smallest absolute Gasteiger partial charge is 0.288 e. The number of hydrazine groups is 1. The second-order valence-corrected chi connectivity index (χ2v) is 4.23. The fourth-order valence-corrected chi connectivity index (χ4v) is 1.97. The molecular weight excluding hydrogens is 245 g/mol. The highest BCUT2D eigenvalue weighted by Crippen LogP contribution is 2.28. The molecule has 0 radical (unpaired) electrons. The van der Waals surface area contributed by atoms with Crippen molar-refractivity contribution < 1.29 is 18.0 Å². The normalized spacial score (nSPS) is 18.7. The fraction of sp³-hybridized carbons (Fsp3) is 0.417. The molecule has 0 bridgehead atoms. The number of halogens is 3. The van der Waals surface area contributed by atoms with Crippen LogP contribution < -0.4 is 5.43 Å². The molecule has 3 nitrogen and oxygen atoms in total. The molecule has 0 saturated carbocycles. The summed E-state index contributed by atoms with van der Waals surface area (Å²) in [7, 11) is 0. The quantitative estimate of drug-likeness (QED) is 0.898. The number of hydrogen-bond donors (Lipinski definition) is 1. The van der Waals surface area contributed by atoms with Crippen molar-refractivity contribution in [2.75, 3.05) is 6.54 Å². The molecule has 1 aromatic carbocycles. The third-order valence-electron chi connectivity index (χ3n) is 2.87. The van der Waals surface area contributed by atoms with Crippen molar-refractivity contribution in [2.45, 2.75) is 25.1 Å². The summed E-state index contributed by atoms with van der Waals surface area (Å²) in [5, 5.41) is 0.981. The van der Waals surface area contributed by atoms with Crippen LogP contribution in [-0.4, -0.2) is 29.7 Å². The zero-order valence-corrected chi connectivity index (χ0v) is 9.57. The Labute approximate surface area is 103 Å². The van der Waals surface area contributed by atoms with E-state index in [1.165, 1.54) is 0 Å². The highest BCUT2D eigenvalue weighted by atomic mass is 19.4. The van der Waals surface area contributed by atoms with E-state index in [1.54, 1.807) is 30.3 Å². The average molecular weight is 258 g/mol. The van der Waals surface area contributed by atoms with Crippen LogP contribution in [0.3, 0.4) is 0 Å². The van der Waals surface area contributed by atoms with E-state index in [2.05, 4.69) is 5.43 Å². The molecule has 0 unspecified atom stereocenters. The highest BCUT2D eigenvalue weighted by molar-refractivity contribution is 5.77.